The fraction of sp³-hybridized carbons (Fsp3) is 0.0625. The number of carbonyl (C=O) groups excluding carboxylic acids is 1. The van der Waals surface area contributed by atoms with Crippen LogP contribution in [0.25, 0.3) is 11.4 Å². The minimum atomic E-state index is -0.436. The van der Waals surface area contributed by atoms with Crippen LogP contribution in [0.3, 0.4) is 0 Å². The van der Waals surface area contributed by atoms with Crippen LogP contribution in [0.2, 0.25) is 5.02 Å². The maximum atomic E-state index is 12.0. The number of rotatable bonds is 5. The van der Waals surface area contributed by atoms with Gasteiger partial charge in [0, 0.05) is 14.7 Å². The molecule has 0 fully saturated rings. The second-order valence-electron chi connectivity index (χ2n) is 5.24. The largest absolute Gasteiger partial charge is 0.506 e. The van der Waals surface area contributed by atoms with E-state index in [0.717, 1.165) is 8.37 Å². The van der Waals surface area contributed by atoms with E-state index in [1.54, 1.807) is 24.3 Å². The van der Waals surface area contributed by atoms with E-state index in [-0.39, 0.29) is 12.3 Å². The molecule has 0 spiro atoms. The summed E-state index contributed by atoms with van der Waals surface area (Å²) in [6.07, 6.45) is 1.38. The van der Waals surface area contributed by atoms with Gasteiger partial charge in [-0.15, -0.1) is 10.2 Å². The van der Waals surface area contributed by atoms with E-state index >= 15 is 0 Å². The molecule has 0 atom stereocenters. The van der Waals surface area contributed by atoms with Crippen molar-refractivity contribution in [3.8, 4) is 17.1 Å². The van der Waals surface area contributed by atoms with Crippen LogP contribution in [0.5, 0.6) is 5.75 Å². The van der Waals surface area contributed by atoms with Gasteiger partial charge in [-0.1, -0.05) is 23.7 Å². The van der Waals surface area contributed by atoms with Crippen LogP contribution in [0, 0.1) is 7.14 Å². The lowest BCUT2D eigenvalue weighted by molar-refractivity contribution is -0.122. The van der Waals surface area contributed by atoms with Gasteiger partial charge in [0.2, 0.25) is 5.82 Å². The Morgan fingerprint density at radius 3 is 2.89 bits per heavy atom. The average Bonchev–Trinajstić information content (AvgIpc) is 3.07. The number of nitrogens with zero attached hydrogens (tertiary/aromatic N) is 5. The predicted molar refractivity (Wildman–Crippen MR) is 118 cm³/mol. The summed E-state index contributed by atoms with van der Waals surface area (Å²) in [7, 11) is 0. The molecule has 1 heterocycles. The monoisotopic (exact) mass is 608 g/mol. The summed E-state index contributed by atoms with van der Waals surface area (Å²) in [5.41, 5.74) is 3.50. The molecule has 2 aromatic carbocycles. The number of benzene rings is 2. The van der Waals surface area contributed by atoms with E-state index in [9.17, 15) is 9.90 Å². The fourth-order valence-corrected chi connectivity index (χ4v) is 4.19. The zero-order chi connectivity index (χ0) is 19.4. The van der Waals surface area contributed by atoms with Crippen LogP contribution in [0.4, 0.5) is 0 Å². The number of hydrogen-bond donors (Lipinski definition) is 2. The zero-order valence-electron chi connectivity index (χ0n) is 13.5. The molecule has 3 rings (SSSR count). The number of phenolic OH excluding ortho intramolecular Hbond substituents is 1. The maximum absolute atomic E-state index is 12.0. The van der Waals surface area contributed by atoms with Gasteiger partial charge in [-0.3, -0.25) is 4.79 Å². The first-order valence-electron chi connectivity index (χ1n) is 7.46. The number of phenols is 1. The summed E-state index contributed by atoms with van der Waals surface area (Å²) in [4.78, 5) is 13.1. The second kappa shape index (κ2) is 8.93. The second-order valence-corrected chi connectivity index (χ2v) is 8.06. The van der Waals surface area contributed by atoms with Gasteiger partial charge < -0.3 is 5.11 Å². The standard InChI is InChI=1S/C16H11ClI2N6O2/c17-12-4-2-1-3-11(12)16-22-24-25(23-16)8-14(26)21-20-7-9-5-10(18)6-13(19)15(9)27/h1-7,27H,8H2,(H,21,26)/b20-7+. The molecule has 0 unspecified atom stereocenters. The minimum Gasteiger partial charge on any atom is -0.506 e. The molecular formula is C16H11ClI2N6O2. The molecule has 0 saturated heterocycles. The summed E-state index contributed by atoms with van der Waals surface area (Å²) in [6, 6.07) is 10.7. The quantitative estimate of drug-likeness (QED) is 0.263. The SMILES string of the molecule is O=C(Cn1nnc(-c2ccccc2Cl)n1)N/N=C/c1cc(I)cc(I)c1O. The molecule has 8 nitrogen and oxygen atoms in total. The van der Waals surface area contributed by atoms with Crippen LogP contribution in [0.15, 0.2) is 41.5 Å². The third-order valence-electron chi connectivity index (χ3n) is 3.30. The van der Waals surface area contributed by atoms with Crippen molar-refractivity contribution in [3.05, 3.63) is 54.1 Å². The van der Waals surface area contributed by atoms with Crippen molar-refractivity contribution >= 4 is 68.9 Å². The Morgan fingerprint density at radius 1 is 1.33 bits per heavy atom. The van der Waals surface area contributed by atoms with E-state index < -0.39 is 5.91 Å². The molecule has 11 heteroatoms. The first-order chi connectivity index (χ1) is 12.9. The van der Waals surface area contributed by atoms with Crippen molar-refractivity contribution < 1.29 is 9.90 Å². The summed E-state index contributed by atoms with van der Waals surface area (Å²) in [5.74, 6) is 0.000715. The zero-order valence-corrected chi connectivity index (χ0v) is 18.5. The highest BCUT2D eigenvalue weighted by atomic mass is 127. The number of tetrazole rings is 1. The number of aromatic hydroxyl groups is 1. The highest BCUT2D eigenvalue weighted by Gasteiger charge is 2.11. The van der Waals surface area contributed by atoms with Gasteiger partial charge in [0.1, 0.15) is 12.3 Å². The van der Waals surface area contributed by atoms with Crippen molar-refractivity contribution in [2.45, 2.75) is 6.54 Å². The molecule has 0 aliphatic heterocycles. The lowest BCUT2D eigenvalue weighted by atomic mass is 10.2. The molecule has 0 aliphatic carbocycles. The van der Waals surface area contributed by atoms with Gasteiger partial charge in [0.15, 0.2) is 0 Å². The van der Waals surface area contributed by atoms with E-state index in [1.807, 2.05) is 34.7 Å². The molecular weight excluding hydrogens is 597 g/mol. The summed E-state index contributed by atoms with van der Waals surface area (Å²) in [6.45, 7) is -0.162. The van der Waals surface area contributed by atoms with Crippen LogP contribution in [-0.2, 0) is 11.3 Å². The number of carbonyl (C=O) groups is 1. The van der Waals surface area contributed by atoms with Crippen molar-refractivity contribution in [3.63, 3.8) is 0 Å². The van der Waals surface area contributed by atoms with Crippen LogP contribution in [0.1, 0.15) is 5.56 Å². The van der Waals surface area contributed by atoms with Crippen molar-refractivity contribution in [1.82, 2.24) is 25.6 Å². The molecule has 138 valence electrons. The molecule has 2 N–H and O–H groups in total. The van der Waals surface area contributed by atoms with Crippen LogP contribution >= 0.6 is 56.8 Å². The Kier molecular flexibility index (Phi) is 6.59. The van der Waals surface area contributed by atoms with Gasteiger partial charge in [0.25, 0.3) is 5.91 Å². The highest BCUT2D eigenvalue weighted by molar-refractivity contribution is 14.1. The van der Waals surface area contributed by atoms with Crippen molar-refractivity contribution in [1.29, 1.82) is 0 Å². The number of aromatic nitrogens is 4. The third kappa shape index (κ3) is 5.13. The average molecular weight is 609 g/mol. The van der Waals surface area contributed by atoms with Gasteiger partial charge in [-0.25, -0.2) is 5.43 Å². The van der Waals surface area contributed by atoms with E-state index in [4.69, 9.17) is 11.6 Å². The first-order valence-corrected chi connectivity index (χ1v) is 10.00. The van der Waals surface area contributed by atoms with Crippen molar-refractivity contribution in [2.24, 2.45) is 5.10 Å². The molecule has 0 saturated carbocycles. The van der Waals surface area contributed by atoms with Gasteiger partial charge >= 0.3 is 0 Å². The minimum absolute atomic E-state index is 0.108. The Labute approximate surface area is 186 Å². The first kappa shape index (κ1) is 19.9. The fourth-order valence-electron chi connectivity index (χ4n) is 2.08. The normalized spacial score (nSPS) is 11.1. The lowest BCUT2D eigenvalue weighted by Gasteiger charge is -2.03. The Balaban J connectivity index is 1.63. The van der Waals surface area contributed by atoms with E-state index in [0.29, 0.717) is 25.5 Å². The highest BCUT2D eigenvalue weighted by Crippen LogP contribution is 2.25. The van der Waals surface area contributed by atoms with Gasteiger partial charge in [-0.05, 0) is 74.7 Å². The Morgan fingerprint density at radius 2 is 2.11 bits per heavy atom. The van der Waals surface area contributed by atoms with Crippen LogP contribution < -0.4 is 5.43 Å². The topological polar surface area (TPSA) is 105 Å². The molecule has 1 aromatic heterocycles. The lowest BCUT2D eigenvalue weighted by Crippen LogP contribution is -2.24. The third-order valence-corrected chi connectivity index (χ3v) is 5.08. The number of hydrazone groups is 1. The molecule has 1 amide bonds. The van der Waals surface area contributed by atoms with Gasteiger partial charge in [0.05, 0.1) is 14.8 Å². The summed E-state index contributed by atoms with van der Waals surface area (Å²) < 4.78 is 1.65. The summed E-state index contributed by atoms with van der Waals surface area (Å²) in [5, 5.41) is 26.2. The van der Waals surface area contributed by atoms with E-state index in [2.05, 4.69) is 48.5 Å². The molecule has 0 radical (unpaired) electrons. The predicted octanol–water partition coefficient (Wildman–Crippen LogP) is 3.06. The number of amides is 1. The molecule has 3 aromatic rings. The maximum Gasteiger partial charge on any atom is 0.263 e. The number of hydrogen-bond acceptors (Lipinski definition) is 6. The Hall–Kier alpha value is -1.80. The molecule has 0 bridgehead atoms. The number of halogens is 3. The number of nitrogens with one attached hydrogen (secondary N) is 1. The summed E-state index contributed by atoms with van der Waals surface area (Å²) >= 11 is 10.3. The molecule has 27 heavy (non-hydrogen) atoms. The smallest absolute Gasteiger partial charge is 0.263 e. The van der Waals surface area contributed by atoms with Crippen molar-refractivity contribution in [2.75, 3.05) is 0 Å². The van der Waals surface area contributed by atoms with E-state index in [1.165, 1.54) is 6.21 Å². The van der Waals surface area contributed by atoms with Gasteiger partial charge in [-0.2, -0.15) is 9.90 Å². The van der Waals surface area contributed by atoms with Crippen LogP contribution in [-0.4, -0.2) is 37.4 Å². The molecule has 0 aliphatic rings. The Bertz CT molecular complexity index is 1020.